The van der Waals surface area contributed by atoms with Crippen molar-refractivity contribution in [2.24, 2.45) is 11.8 Å². The van der Waals surface area contributed by atoms with Gasteiger partial charge in [-0.2, -0.15) is 5.26 Å². The summed E-state index contributed by atoms with van der Waals surface area (Å²) in [5.74, 6) is 0.926. The summed E-state index contributed by atoms with van der Waals surface area (Å²) >= 11 is 0. The Balaban J connectivity index is 2.05. The second kappa shape index (κ2) is 7.19. The maximum absolute atomic E-state index is 12.9. The van der Waals surface area contributed by atoms with Crippen LogP contribution in [-0.4, -0.2) is 58.6 Å². The van der Waals surface area contributed by atoms with Crippen LogP contribution in [0, 0.1) is 23.2 Å². The van der Waals surface area contributed by atoms with E-state index >= 15 is 0 Å². The molecule has 1 heterocycles. The predicted molar refractivity (Wildman–Crippen MR) is 89.6 cm³/mol. The molecule has 2 aliphatic rings. The number of β-amino-alcohol motifs (C(OH)–C–C–N with tert-alkyl or cyclic N) is 1. The van der Waals surface area contributed by atoms with Crippen molar-refractivity contribution < 1.29 is 9.90 Å². The molecule has 5 heteroatoms. The number of carbonyl (C=O) groups is 1. The van der Waals surface area contributed by atoms with Crippen LogP contribution in [0.4, 0.5) is 0 Å². The maximum atomic E-state index is 12.9. The number of aliphatic hydroxyl groups excluding tert-OH is 1. The lowest BCUT2D eigenvalue weighted by Gasteiger charge is -2.44. The van der Waals surface area contributed by atoms with Crippen molar-refractivity contribution in [2.75, 3.05) is 20.1 Å². The van der Waals surface area contributed by atoms with E-state index in [-0.39, 0.29) is 24.0 Å². The molecule has 5 nitrogen and oxygen atoms in total. The first-order valence-electron chi connectivity index (χ1n) is 8.92. The summed E-state index contributed by atoms with van der Waals surface area (Å²) in [6.07, 6.45) is 4.06. The SMILES string of the molecule is CC1CCC(C#N)(N(C)C(=O)C(C)N2CCC(C)C(O)C2)CC1. The van der Waals surface area contributed by atoms with Crippen molar-refractivity contribution in [3.05, 3.63) is 0 Å². The van der Waals surface area contributed by atoms with Gasteiger partial charge in [0.2, 0.25) is 5.91 Å². The lowest BCUT2D eigenvalue weighted by atomic mass is 9.77. The average Bonchev–Trinajstić information content (AvgIpc) is 2.56. The van der Waals surface area contributed by atoms with E-state index in [1.165, 1.54) is 0 Å². The molecule has 1 amide bonds. The lowest BCUT2D eigenvalue weighted by molar-refractivity contribution is -0.142. The minimum absolute atomic E-state index is 0.00264. The predicted octanol–water partition coefficient (Wildman–Crippen LogP) is 2.01. The van der Waals surface area contributed by atoms with Gasteiger partial charge in [0.15, 0.2) is 0 Å². The van der Waals surface area contributed by atoms with Crippen LogP contribution in [0.25, 0.3) is 0 Å². The van der Waals surface area contributed by atoms with E-state index in [0.29, 0.717) is 12.5 Å². The van der Waals surface area contributed by atoms with Crippen LogP contribution >= 0.6 is 0 Å². The monoisotopic (exact) mass is 321 g/mol. The molecule has 1 aliphatic heterocycles. The summed E-state index contributed by atoms with van der Waals surface area (Å²) in [5.41, 5.74) is -0.653. The van der Waals surface area contributed by atoms with E-state index in [0.717, 1.165) is 38.6 Å². The average molecular weight is 321 g/mol. The molecule has 0 aromatic rings. The molecule has 3 atom stereocenters. The number of likely N-dealkylation sites (tertiary alicyclic amines) is 1. The van der Waals surface area contributed by atoms with E-state index in [1.54, 1.807) is 11.9 Å². The van der Waals surface area contributed by atoms with Crippen molar-refractivity contribution in [1.82, 2.24) is 9.80 Å². The largest absolute Gasteiger partial charge is 0.392 e. The second-order valence-corrected chi connectivity index (χ2v) is 7.73. The van der Waals surface area contributed by atoms with Crippen LogP contribution in [0.2, 0.25) is 0 Å². The summed E-state index contributed by atoms with van der Waals surface area (Å²) < 4.78 is 0. The number of nitrogens with zero attached hydrogens (tertiary/aromatic N) is 3. The smallest absolute Gasteiger partial charge is 0.240 e. The molecule has 0 aromatic heterocycles. The minimum atomic E-state index is -0.653. The molecule has 130 valence electrons. The zero-order valence-corrected chi connectivity index (χ0v) is 15.0. The van der Waals surface area contributed by atoms with Gasteiger partial charge in [0, 0.05) is 13.6 Å². The Hall–Kier alpha value is -1.12. The molecule has 2 rings (SSSR count). The topological polar surface area (TPSA) is 67.6 Å². The number of amides is 1. The first kappa shape index (κ1) is 18.2. The Morgan fingerprint density at radius 2 is 1.96 bits per heavy atom. The third kappa shape index (κ3) is 3.70. The van der Waals surface area contributed by atoms with Crippen LogP contribution in [0.15, 0.2) is 0 Å². The highest BCUT2D eigenvalue weighted by atomic mass is 16.3. The highest BCUT2D eigenvalue weighted by Gasteiger charge is 2.42. The molecule has 0 aromatic carbocycles. The number of likely N-dealkylation sites (N-methyl/N-ethyl adjacent to an activating group) is 1. The highest BCUT2D eigenvalue weighted by Crippen LogP contribution is 2.36. The molecule has 1 aliphatic carbocycles. The Bertz CT molecular complexity index is 465. The van der Waals surface area contributed by atoms with Crippen LogP contribution in [-0.2, 0) is 4.79 Å². The fraction of sp³-hybridized carbons (Fsp3) is 0.889. The first-order chi connectivity index (χ1) is 10.8. The molecule has 3 unspecified atom stereocenters. The molecule has 1 saturated heterocycles. The van der Waals surface area contributed by atoms with Gasteiger partial charge in [0.25, 0.3) is 0 Å². The Morgan fingerprint density at radius 3 is 2.48 bits per heavy atom. The van der Waals surface area contributed by atoms with Gasteiger partial charge in [-0.05, 0) is 57.4 Å². The lowest BCUT2D eigenvalue weighted by Crippen LogP contribution is -2.58. The van der Waals surface area contributed by atoms with Crippen LogP contribution < -0.4 is 0 Å². The van der Waals surface area contributed by atoms with Crippen LogP contribution in [0.5, 0.6) is 0 Å². The molecule has 1 N–H and O–H groups in total. The number of nitriles is 1. The number of aliphatic hydroxyl groups is 1. The van der Waals surface area contributed by atoms with Crippen molar-refractivity contribution in [1.29, 1.82) is 5.26 Å². The van der Waals surface area contributed by atoms with Crippen LogP contribution in [0.3, 0.4) is 0 Å². The fourth-order valence-electron chi connectivity index (χ4n) is 3.83. The van der Waals surface area contributed by atoms with Gasteiger partial charge in [-0.3, -0.25) is 9.69 Å². The Kier molecular flexibility index (Phi) is 5.70. The van der Waals surface area contributed by atoms with Gasteiger partial charge in [0.05, 0.1) is 18.2 Å². The first-order valence-corrected chi connectivity index (χ1v) is 8.92. The molecule has 0 bridgehead atoms. The summed E-state index contributed by atoms with van der Waals surface area (Å²) in [6, 6.07) is 2.14. The number of rotatable bonds is 3. The van der Waals surface area contributed by atoms with Crippen molar-refractivity contribution in [2.45, 2.75) is 70.6 Å². The van der Waals surface area contributed by atoms with E-state index in [2.05, 4.69) is 24.8 Å². The molecular formula is C18H31N3O2. The summed E-state index contributed by atoms with van der Waals surface area (Å²) in [7, 11) is 1.78. The van der Waals surface area contributed by atoms with Crippen molar-refractivity contribution in [3.63, 3.8) is 0 Å². The fourth-order valence-corrected chi connectivity index (χ4v) is 3.83. The van der Waals surface area contributed by atoms with Gasteiger partial charge in [-0.25, -0.2) is 0 Å². The number of piperidine rings is 1. The molecule has 23 heavy (non-hydrogen) atoms. The third-order valence-corrected chi connectivity index (χ3v) is 6.14. The van der Waals surface area contributed by atoms with E-state index in [4.69, 9.17) is 0 Å². The minimum Gasteiger partial charge on any atom is -0.392 e. The number of hydrogen-bond acceptors (Lipinski definition) is 4. The Morgan fingerprint density at radius 1 is 1.35 bits per heavy atom. The normalized spacial score (nSPS) is 37.0. The number of hydrogen-bond donors (Lipinski definition) is 1. The molecule has 1 saturated carbocycles. The second-order valence-electron chi connectivity index (χ2n) is 7.73. The molecule has 0 radical (unpaired) electrons. The van der Waals surface area contributed by atoms with Gasteiger partial charge in [-0.1, -0.05) is 13.8 Å². The van der Waals surface area contributed by atoms with E-state index in [1.807, 2.05) is 6.92 Å². The van der Waals surface area contributed by atoms with Crippen LogP contribution in [0.1, 0.15) is 52.9 Å². The zero-order valence-electron chi connectivity index (χ0n) is 15.0. The van der Waals surface area contributed by atoms with Gasteiger partial charge in [0.1, 0.15) is 5.54 Å². The highest BCUT2D eigenvalue weighted by molar-refractivity contribution is 5.82. The molecule has 0 spiro atoms. The summed E-state index contributed by atoms with van der Waals surface area (Å²) in [6.45, 7) is 7.53. The quantitative estimate of drug-likeness (QED) is 0.863. The molecular weight excluding hydrogens is 290 g/mol. The van der Waals surface area contributed by atoms with Crippen molar-refractivity contribution >= 4 is 5.91 Å². The zero-order chi connectivity index (χ0) is 17.2. The van der Waals surface area contributed by atoms with E-state index in [9.17, 15) is 15.2 Å². The standard InChI is InChI=1S/C18H31N3O2/c1-13-5-8-18(12-19,9-6-13)20(4)17(23)15(3)21-10-7-14(2)16(22)11-21/h13-16,22H,5-11H2,1-4H3. The summed E-state index contributed by atoms with van der Waals surface area (Å²) in [5, 5.41) is 19.8. The van der Waals surface area contributed by atoms with Gasteiger partial charge >= 0.3 is 0 Å². The summed E-state index contributed by atoms with van der Waals surface area (Å²) in [4.78, 5) is 16.7. The molecule has 2 fully saturated rings. The van der Waals surface area contributed by atoms with Gasteiger partial charge < -0.3 is 10.0 Å². The Labute approximate surface area is 140 Å². The van der Waals surface area contributed by atoms with Crippen molar-refractivity contribution in [3.8, 4) is 6.07 Å². The van der Waals surface area contributed by atoms with Gasteiger partial charge in [-0.15, -0.1) is 0 Å². The number of carbonyl (C=O) groups excluding carboxylic acids is 1. The van der Waals surface area contributed by atoms with E-state index < -0.39 is 5.54 Å². The maximum Gasteiger partial charge on any atom is 0.240 e. The third-order valence-electron chi connectivity index (χ3n) is 6.14.